The fraction of sp³-hybridized carbons (Fsp3) is 0.684. The van der Waals surface area contributed by atoms with E-state index in [4.69, 9.17) is 0 Å². The van der Waals surface area contributed by atoms with Crippen LogP contribution in [0.25, 0.3) is 0 Å². The molecule has 1 fully saturated rings. The highest BCUT2D eigenvalue weighted by atomic mass is 32.1. The van der Waals surface area contributed by atoms with Crippen LogP contribution in [0.5, 0.6) is 0 Å². The molecule has 0 aliphatic heterocycles. The molecule has 1 heterocycles. The van der Waals surface area contributed by atoms with Gasteiger partial charge >= 0.3 is 0 Å². The van der Waals surface area contributed by atoms with E-state index in [1.165, 1.54) is 49.0 Å². The van der Waals surface area contributed by atoms with Crippen LogP contribution in [0.1, 0.15) is 67.4 Å². The number of nitrogens with one attached hydrogen (secondary N) is 1. The van der Waals surface area contributed by atoms with Crippen molar-refractivity contribution in [2.24, 2.45) is 0 Å². The molecule has 0 radical (unpaired) electrons. The van der Waals surface area contributed by atoms with Gasteiger partial charge in [-0.3, -0.25) is 4.79 Å². The summed E-state index contributed by atoms with van der Waals surface area (Å²) in [5.41, 5.74) is 1.88. The Bertz CT molecular complexity index is 623. The summed E-state index contributed by atoms with van der Waals surface area (Å²) in [5, 5.41) is 13.2. The monoisotopic (exact) mass is 345 g/mol. The Hall–Kier alpha value is -1.38. The van der Waals surface area contributed by atoms with Gasteiger partial charge in [0.05, 0.1) is 5.56 Å². The molecule has 1 aromatic heterocycles. The summed E-state index contributed by atoms with van der Waals surface area (Å²) in [6.45, 7) is 0.795. The Labute approximate surface area is 148 Å². The van der Waals surface area contributed by atoms with Crippen LogP contribution in [-0.2, 0) is 17.6 Å². The standard InChI is InChI=1S/C19H27N3OS/c1-22(14-7-4-2-3-5-8-14)12-11-18(23)21-19-16(13-20)15-9-6-10-17(15)24-19/h14H,2-12H2,1H3,(H,21,23). The van der Waals surface area contributed by atoms with Crippen molar-refractivity contribution < 1.29 is 4.79 Å². The predicted octanol–water partition coefficient (Wildman–Crippen LogP) is 4.09. The molecule has 24 heavy (non-hydrogen) atoms. The molecule has 1 saturated carbocycles. The van der Waals surface area contributed by atoms with Crippen molar-refractivity contribution in [2.75, 3.05) is 18.9 Å². The van der Waals surface area contributed by atoms with E-state index in [0.717, 1.165) is 30.8 Å². The van der Waals surface area contributed by atoms with Gasteiger partial charge in [-0.1, -0.05) is 25.7 Å². The molecule has 2 aliphatic carbocycles. The molecule has 130 valence electrons. The first-order valence-electron chi connectivity index (χ1n) is 9.23. The van der Waals surface area contributed by atoms with Gasteiger partial charge in [0.15, 0.2) is 0 Å². The smallest absolute Gasteiger partial charge is 0.226 e. The van der Waals surface area contributed by atoms with Crippen molar-refractivity contribution in [1.29, 1.82) is 5.26 Å². The zero-order chi connectivity index (χ0) is 16.9. The van der Waals surface area contributed by atoms with Gasteiger partial charge in [0.25, 0.3) is 0 Å². The fourth-order valence-electron chi connectivity index (χ4n) is 3.96. The maximum Gasteiger partial charge on any atom is 0.226 e. The molecule has 2 aliphatic rings. The van der Waals surface area contributed by atoms with E-state index in [0.29, 0.717) is 18.0 Å². The van der Waals surface area contributed by atoms with Gasteiger partial charge < -0.3 is 10.2 Å². The number of nitrogens with zero attached hydrogens (tertiary/aromatic N) is 2. The number of nitriles is 1. The number of fused-ring (bicyclic) bond motifs is 1. The van der Waals surface area contributed by atoms with E-state index in [2.05, 4.69) is 23.3 Å². The summed E-state index contributed by atoms with van der Waals surface area (Å²) in [4.78, 5) is 16.0. The van der Waals surface area contributed by atoms with Crippen LogP contribution < -0.4 is 5.32 Å². The van der Waals surface area contributed by atoms with Crippen LogP contribution in [0.15, 0.2) is 0 Å². The number of hydrogen-bond acceptors (Lipinski definition) is 4. The number of amides is 1. The van der Waals surface area contributed by atoms with Gasteiger partial charge in [0.2, 0.25) is 5.91 Å². The zero-order valence-electron chi connectivity index (χ0n) is 14.6. The first-order chi connectivity index (χ1) is 11.7. The molecule has 3 rings (SSSR count). The highest BCUT2D eigenvalue weighted by Gasteiger charge is 2.23. The van der Waals surface area contributed by atoms with Gasteiger partial charge in [-0.2, -0.15) is 5.26 Å². The van der Waals surface area contributed by atoms with Crippen LogP contribution in [0.4, 0.5) is 5.00 Å². The molecule has 4 nitrogen and oxygen atoms in total. The third-order valence-electron chi connectivity index (χ3n) is 5.43. The van der Waals surface area contributed by atoms with Crippen molar-refractivity contribution >= 4 is 22.2 Å². The lowest BCUT2D eigenvalue weighted by Crippen LogP contribution is -2.33. The fourth-order valence-corrected chi connectivity index (χ4v) is 5.21. The van der Waals surface area contributed by atoms with Crippen molar-refractivity contribution in [3.8, 4) is 6.07 Å². The van der Waals surface area contributed by atoms with Crippen LogP contribution >= 0.6 is 11.3 Å². The number of carbonyl (C=O) groups excluding carboxylic acids is 1. The molecule has 1 amide bonds. The molecule has 1 N–H and O–H groups in total. The minimum atomic E-state index is 0.0342. The highest BCUT2D eigenvalue weighted by molar-refractivity contribution is 7.16. The second-order valence-corrected chi connectivity index (χ2v) is 8.20. The zero-order valence-corrected chi connectivity index (χ0v) is 15.4. The lowest BCUT2D eigenvalue weighted by Gasteiger charge is -2.26. The lowest BCUT2D eigenvalue weighted by molar-refractivity contribution is -0.116. The topological polar surface area (TPSA) is 56.1 Å². The number of hydrogen-bond donors (Lipinski definition) is 1. The molecule has 0 atom stereocenters. The van der Waals surface area contributed by atoms with Crippen LogP contribution in [0.2, 0.25) is 0 Å². The first kappa shape index (κ1) is 17.4. The van der Waals surface area contributed by atoms with E-state index >= 15 is 0 Å². The minimum absolute atomic E-state index is 0.0342. The summed E-state index contributed by atoms with van der Waals surface area (Å²) in [5.74, 6) is 0.0342. The van der Waals surface area contributed by atoms with Crippen LogP contribution in [0, 0.1) is 11.3 Å². The molecule has 0 bridgehead atoms. The molecule has 0 saturated heterocycles. The normalized spacial score (nSPS) is 18.2. The number of aryl methyl sites for hydroxylation is 1. The SMILES string of the molecule is CN(CCC(=O)Nc1sc2c(c1C#N)CCC2)C1CCCCCC1. The number of carbonyl (C=O) groups is 1. The lowest BCUT2D eigenvalue weighted by atomic mass is 10.1. The Balaban J connectivity index is 1.52. The van der Waals surface area contributed by atoms with Gasteiger partial charge in [-0.05, 0) is 44.7 Å². The third-order valence-corrected chi connectivity index (χ3v) is 6.63. The molecule has 0 spiro atoms. The largest absolute Gasteiger partial charge is 0.317 e. The van der Waals surface area contributed by atoms with Crippen molar-refractivity contribution in [3.63, 3.8) is 0 Å². The maximum absolute atomic E-state index is 12.3. The average Bonchev–Trinajstić information content (AvgIpc) is 3.02. The van der Waals surface area contributed by atoms with Crippen molar-refractivity contribution in [3.05, 3.63) is 16.0 Å². The second kappa shape index (κ2) is 8.13. The van der Waals surface area contributed by atoms with Gasteiger partial charge in [0.1, 0.15) is 11.1 Å². The molecule has 0 unspecified atom stereocenters. The quantitative estimate of drug-likeness (QED) is 0.818. The molecule has 1 aromatic rings. The number of thiophene rings is 1. The third kappa shape index (κ3) is 3.99. The van der Waals surface area contributed by atoms with E-state index in [1.54, 1.807) is 11.3 Å². The van der Waals surface area contributed by atoms with Crippen LogP contribution in [0.3, 0.4) is 0 Å². The van der Waals surface area contributed by atoms with E-state index < -0.39 is 0 Å². The van der Waals surface area contributed by atoms with E-state index in [9.17, 15) is 10.1 Å². The Morgan fingerprint density at radius 2 is 2.00 bits per heavy atom. The second-order valence-electron chi connectivity index (χ2n) is 7.10. The Morgan fingerprint density at radius 3 is 2.71 bits per heavy atom. The molecule has 0 aromatic carbocycles. The van der Waals surface area contributed by atoms with E-state index in [-0.39, 0.29) is 5.91 Å². The van der Waals surface area contributed by atoms with Crippen molar-refractivity contribution in [2.45, 2.75) is 70.3 Å². The van der Waals surface area contributed by atoms with Gasteiger partial charge in [0, 0.05) is 23.9 Å². The highest BCUT2D eigenvalue weighted by Crippen LogP contribution is 2.38. The molecular formula is C19H27N3OS. The summed E-state index contributed by atoms with van der Waals surface area (Å²) in [6.07, 6.45) is 11.5. The molecule has 5 heteroatoms. The number of rotatable bonds is 5. The maximum atomic E-state index is 12.3. The minimum Gasteiger partial charge on any atom is -0.317 e. The van der Waals surface area contributed by atoms with Crippen LogP contribution in [-0.4, -0.2) is 30.4 Å². The van der Waals surface area contributed by atoms with Gasteiger partial charge in [-0.15, -0.1) is 11.3 Å². The summed E-state index contributed by atoms with van der Waals surface area (Å²) in [7, 11) is 2.14. The van der Waals surface area contributed by atoms with Gasteiger partial charge in [-0.25, -0.2) is 0 Å². The summed E-state index contributed by atoms with van der Waals surface area (Å²) >= 11 is 1.60. The Morgan fingerprint density at radius 1 is 1.25 bits per heavy atom. The predicted molar refractivity (Wildman–Crippen MR) is 98.4 cm³/mol. The average molecular weight is 346 g/mol. The molecular weight excluding hydrogens is 318 g/mol. The summed E-state index contributed by atoms with van der Waals surface area (Å²) < 4.78 is 0. The number of anilines is 1. The summed E-state index contributed by atoms with van der Waals surface area (Å²) in [6, 6.07) is 2.92. The first-order valence-corrected chi connectivity index (χ1v) is 10.1. The van der Waals surface area contributed by atoms with E-state index in [1.807, 2.05) is 0 Å². The van der Waals surface area contributed by atoms with Crippen molar-refractivity contribution in [1.82, 2.24) is 4.90 Å². The Kier molecular flexibility index (Phi) is 5.91.